The van der Waals surface area contributed by atoms with Gasteiger partial charge in [-0.2, -0.15) is 4.57 Å². The average molecular weight is 911 g/mol. The van der Waals surface area contributed by atoms with E-state index in [1.54, 1.807) is 83.5 Å². The number of carbonyl (C=O) groups is 1. The quantitative estimate of drug-likeness (QED) is 0.114. The third-order valence-electron chi connectivity index (χ3n) is 10.4. The summed E-state index contributed by atoms with van der Waals surface area (Å²) in [5, 5.41) is 14.1. The lowest BCUT2D eigenvalue weighted by atomic mass is 9.81. The number of thiophene rings is 1. The highest BCUT2D eigenvalue weighted by Crippen LogP contribution is 2.49. The van der Waals surface area contributed by atoms with Crippen LogP contribution in [-0.2, 0) is 17.9 Å². The van der Waals surface area contributed by atoms with Crippen LogP contribution >= 0.6 is 69.3 Å². The summed E-state index contributed by atoms with van der Waals surface area (Å²) >= 11 is 9.87. The topological polar surface area (TPSA) is 84.9 Å². The van der Waals surface area contributed by atoms with Crippen molar-refractivity contribution in [1.82, 2.24) is 4.57 Å². The van der Waals surface area contributed by atoms with Crippen LogP contribution in [0, 0.1) is 0 Å². The van der Waals surface area contributed by atoms with E-state index in [-0.39, 0.29) is 18.0 Å². The fourth-order valence-corrected chi connectivity index (χ4v) is 13.5. The molecule has 1 unspecified atom stereocenters. The predicted octanol–water partition coefficient (Wildman–Crippen LogP) is 10.1. The highest BCUT2D eigenvalue weighted by atomic mass is 32.2. The molecule has 0 radical (unpaired) electrons. The summed E-state index contributed by atoms with van der Waals surface area (Å²) in [6.07, 6.45) is 12.2. The van der Waals surface area contributed by atoms with E-state index >= 15 is 0 Å². The lowest BCUT2D eigenvalue weighted by Crippen LogP contribution is -2.33. The molecule has 0 saturated carbocycles. The third kappa shape index (κ3) is 8.81. The number of fused-ring (bicyclic) bond motifs is 2. The number of carboxylic acids is 1. The maximum atomic E-state index is 14.4. The van der Waals surface area contributed by atoms with Crippen molar-refractivity contribution in [2.75, 3.05) is 31.9 Å². The van der Waals surface area contributed by atoms with Crippen molar-refractivity contribution in [2.45, 2.75) is 59.7 Å². The molecule has 8 nitrogen and oxygen atoms in total. The number of methoxy groups -OCH3 is 2. The van der Waals surface area contributed by atoms with Crippen molar-refractivity contribution in [3.63, 3.8) is 0 Å². The van der Waals surface area contributed by atoms with Crippen LogP contribution < -0.4 is 33.7 Å². The number of carboxylic acid groups (broad SMARTS) is 1. The summed E-state index contributed by atoms with van der Waals surface area (Å²) in [5.74, 6) is 0.650. The lowest BCUT2D eigenvalue weighted by Gasteiger charge is -2.25. The van der Waals surface area contributed by atoms with Crippen LogP contribution in [-0.4, -0.2) is 42.7 Å². The number of benzene rings is 3. The molecule has 1 atom stereocenters. The molecule has 0 fully saturated rings. The summed E-state index contributed by atoms with van der Waals surface area (Å²) < 4.78 is 19.3. The average Bonchev–Trinajstić information content (AvgIpc) is 4.04. The summed E-state index contributed by atoms with van der Waals surface area (Å²) in [7, 11) is 3.31. The molecule has 0 bridgehead atoms. The number of allylic oxidation sites excluding steroid dienone is 4. The first-order valence-electron chi connectivity index (χ1n) is 19.5. The monoisotopic (exact) mass is 910 g/mol. The van der Waals surface area contributed by atoms with Gasteiger partial charge in [-0.3, -0.25) is 14.2 Å². The van der Waals surface area contributed by atoms with Gasteiger partial charge < -0.3 is 19.5 Å². The number of aliphatic carboxylic acids is 1. The molecule has 4 heterocycles. The highest BCUT2D eigenvalue weighted by Gasteiger charge is 2.29. The van der Waals surface area contributed by atoms with Crippen LogP contribution in [0.3, 0.4) is 0 Å². The first kappa shape index (κ1) is 42.3. The predicted molar refractivity (Wildman–Crippen MR) is 254 cm³/mol. The Morgan fingerprint density at radius 2 is 1.80 bits per heavy atom. The molecule has 1 N–H and O–H groups in total. The Bertz CT molecular complexity index is 2850. The molecule has 3 aromatic heterocycles. The van der Waals surface area contributed by atoms with E-state index in [0.29, 0.717) is 18.0 Å². The lowest BCUT2D eigenvalue weighted by molar-refractivity contribution is -0.665. The Morgan fingerprint density at radius 1 is 1.00 bits per heavy atom. The second kappa shape index (κ2) is 18.7. The van der Waals surface area contributed by atoms with E-state index in [1.165, 1.54) is 9.77 Å². The maximum Gasteiger partial charge on any atom is 0.323 e. The Balaban J connectivity index is 1.22. The molecule has 14 heteroatoms. The van der Waals surface area contributed by atoms with Gasteiger partial charge in [-0.05, 0) is 97.4 Å². The molecule has 1 aliphatic heterocycles. The number of aromatic nitrogens is 2. The number of thioether (sulfide) groups is 2. The van der Waals surface area contributed by atoms with Gasteiger partial charge in [-0.15, -0.1) is 34.4 Å². The van der Waals surface area contributed by atoms with Crippen LogP contribution in [0.5, 0.6) is 11.5 Å². The zero-order valence-corrected chi connectivity index (χ0v) is 38.7. The second-order valence-corrected chi connectivity index (χ2v) is 20.4. The number of hydrogen-bond acceptors (Lipinski definition) is 11. The molecule has 308 valence electrons. The molecular formula is C46H44N3O5S6+. The number of rotatable bonds is 13. The van der Waals surface area contributed by atoms with Crippen molar-refractivity contribution < 1.29 is 23.9 Å². The smallest absolute Gasteiger partial charge is 0.323 e. The van der Waals surface area contributed by atoms with E-state index in [4.69, 9.17) is 9.47 Å². The molecule has 1 aliphatic carbocycles. The molecule has 0 spiro atoms. The van der Waals surface area contributed by atoms with Gasteiger partial charge in [0.15, 0.2) is 11.5 Å². The maximum absolute atomic E-state index is 14.4. The fourth-order valence-electron chi connectivity index (χ4n) is 7.63. The van der Waals surface area contributed by atoms with Gasteiger partial charge in [-0.1, -0.05) is 77.3 Å². The van der Waals surface area contributed by atoms with Crippen LogP contribution in [0.4, 0.5) is 5.69 Å². The summed E-state index contributed by atoms with van der Waals surface area (Å²) in [6.45, 7) is 5.34. The zero-order chi connectivity index (χ0) is 41.9. The minimum atomic E-state index is -0.892. The number of anilines is 1. The molecule has 2 aliphatic rings. The van der Waals surface area contributed by atoms with Gasteiger partial charge in [-0.25, -0.2) is 0 Å². The van der Waals surface area contributed by atoms with Gasteiger partial charge in [0.05, 0.1) is 44.4 Å². The normalized spacial score (nSPS) is 17.4. The van der Waals surface area contributed by atoms with E-state index in [2.05, 4.69) is 96.0 Å². The van der Waals surface area contributed by atoms with Gasteiger partial charge in [0.25, 0.3) is 10.6 Å². The van der Waals surface area contributed by atoms with E-state index in [0.717, 1.165) is 80.4 Å². The highest BCUT2D eigenvalue weighted by molar-refractivity contribution is 8.04. The minimum absolute atomic E-state index is 0.0109. The molecule has 0 amide bonds. The Labute approximate surface area is 373 Å². The Morgan fingerprint density at radius 3 is 2.50 bits per heavy atom. The third-order valence-corrected chi connectivity index (χ3v) is 16.6. The van der Waals surface area contributed by atoms with Gasteiger partial charge in [0.2, 0.25) is 5.52 Å². The summed E-state index contributed by atoms with van der Waals surface area (Å²) in [6, 6.07) is 25.0. The van der Waals surface area contributed by atoms with Crippen molar-refractivity contribution in [1.29, 1.82) is 0 Å². The first-order chi connectivity index (χ1) is 29.2. The van der Waals surface area contributed by atoms with Crippen LogP contribution in [0.1, 0.15) is 43.2 Å². The van der Waals surface area contributed by atoms with E-state index in [1.807, 2.05) is 40.7 Å². The number of thiazole rings is 2. The van der Waals surface area contributed by atoms with Crippen LogP contribution in [0.15, 0.2) is 125 Å². The molecule has 60 heavy (non-hydrogen) atoms. The van der Waals surface area contributed by atoms with E-state index in [9.17, 15) is 14.7 Å². The number of nitrogens with zero attached hydrogens (tertiary/aromatic N) is 3. The van der Waals surface area contributed by atoms with E-state index < -0.39 is 5.97 Å². The molecular weight excluding hydrogens is 867 g/mol. The van der Waals surface area contributed by atoms with Crippen molar-refractivity contribution in [2.24, 2.45) is 0 Å². The van der Waals surface area contributed by atoms with Gasteiger partial charge in [0.1, 0.15) is 17.8 Å². The molecule has 6 aromatic rings. The molecule has 3 aromatic carbocycles. The summed E-state index contributed by atoms with van der Waals surface area (Å²) in [5.41, 5.74) is 5.28. The van der Waals surface area contributed by atoms with Crippen molar-refractivity contribution in [3.8, 4) is 11.5 Å². The van der Waals surface area contributed by atoms with Gasteiger partial charge in [0, 0.05) is 33.4 Å². The molecule has 8 rings (SSSR count). The van der Waals surface area contributed by atoms with Crippen LogP contribution in [0.25, 0.3) is 27.9 Å². The second-order valence-electron chi connectivity index (χ2n) is 14.1. The Hall–Kier alpha value is -4.44. The van der Waals surface area contributed by atoms with Crippen molar-refractivity contribution in [3.05, 3.63) is 136 Å². The van der Waals surface area contributed by atoms with Crippen LogP contribution in [0.2, 0.25) is 0 Å². The first-order valence-corrected chi connectivity index (χ1v) is 24.9. The van der Waals surface area contributed by atoms with Gasteiger partial charge >= 0.3 is 5.97 Å². The Kier molecular flexibility index (Phi) is 13.1. The standard InChI is InChI=1S/C46H43N3O5S6/c1-6-47-35-25-36(53-3)37(54-4)26-39(35)59-41(47)23-33(55-5)24-42-48(7-2)46(52)45(60-42)31-19-28(18-30(21-31)29-12-9-8-10-13-29)20-40-49(27-43(50)51)34-22-32(15-16-38(34)58-40)57-44-14-11-17-56-44/h8-17,19-20,22-26,30H,6-7,18,21,27H2,1-5H3/p+1. The van der Waals surface area contributed by atoms with Crippen molar-refractivity contribution >= 4 is 109 Å². The number of hydrogen-bond donors (Lipinski definition) is 1. The zero-order valence-electron chi connectivity index (χ0n) is 33.8. The number of ether oxygens (including phenoxy) is 2. The number of aryl methyl sites for hydroxylation is 1. The largest absolute Gasteiger partial charge is 0.493 e. The molecule has 0 saturated heterocycles. The fraction of sp³-hybridized carbons (Fsp3) is 0.239. The summed E-state index contributed by atoms with van der Waals surface area (Å²) in [4.78, 5) is 31.7. The SMILES string of the molecule is CCn1c(=CC(=Cc2sc3cc(OC)c(OC)cc3[n+]2CC)SC)sc(=C2C=C(C=C3Sc4ccc(Sc5cccs5)cc4N3CC(=O)O)CC(c3ccccc3)C2)c1=O. The minimum Gasteiger partial charge on any atom is -0.493 e.